The molecule has 8 heteroatoms. The number of aromatic nitrogens is 3. The second-order valence-corrected chi connectivity index (χ2v) is 9.90. The van der Waals surface area contributed by atoms with Crippen LogP contribution in [0.25, 0.3) is 5.69 Å². The highest BCUT2D eigenvalue weighted by molar-refractivity contribution is 7.99. The van der Waals surface area contributed by atoms with Gasteiger partial charge in [-0.25, -0.2) is 0 Å². The summed E-state index contributed by atoms with van der Waals surface area (Å²) in [4.78, 5) is 17.5. The van der Waals surface area contributed by atoms with Crippen molar-refractivity contribution >= 4 is 35.0 Å². The smallest absolute Gasteiger partial charge is 0.233 e. The topological polar surface area (TPSA) is 54.3 Å². The van der Waals surface area contributed by atoms with Crippen LogP contribution in [0.5, 0.6) is 0 Å². The molecule has 0 spiro atoms. The maximum atomic E-state index is 13.1. The number of hydrogen-bond acceptors (Lipinski definition) is 6. The van der Waals surface area contributed by atoms with E-state index >= 15 is 0 Å². The lowest BCUT2D eigenvalue weighted by atomic mass is 10.1. The van der Waals surface area contributed by atoms with Crippen molar-refractivity contribution in [3.05, 3.63) is 52.7 Å². The number of amides is 1. The summed E-state index contributed by atoms with van der Waals surface area (Å²) in [6, 6.07) is 12.7. The zero-order chi connectivity index (χ0) is 21.0. The van der Waals surface area contributed by atoms with Gasteiger partial charge in [-0.3, -0.25) is 9.36 Å². The molecule has 1 aliphatic heterocycles. The van der Waals surface area contributed by atoms with E-state index in [1.54, 1.807) is 11.3 Å². The quantitative estimate of drug-likeness (QED) is 0.467. The Morgan fingerprint density at radius 2 is 1.90 bits per heavy atom. The number of rotatable bonds is 8. The van der Waals surface area contributed by atoms with E-state index in [2.05, 4.69) is 48.6 Å². The minimum Gasteiger partial charge on any atom is -0.341 e. The average Bonchev–Trinajstić information content (AvgIpc) is 3.35. The van der Waals surface area contributed by atoms with E-state index in [4.69, 9.17) is 0 Å². The normalized spacial score (nSPS) is 16.5. The Bertz CT molecular complexity index is 994. The van der Waals surface area contributed by atoms with E-state index in [-0.39, 0.29) is 5.91 Å². The monoisotopic (exact) mass is 453 g/mol. The molecule has 1 saturated heterocycles. The zero-order valence-corrected chi connectivity index (χ0v) is 19.2. The molecule has 2 fully saturated rings. The van der Waals surface area contributed by atoms with Gasteiger partial charge < -0.3 is 9.80 Å². The van der Waals surface area contributed by atoms with Crippen LogP contribution >= 0.6 is 23.1 Å². The van der Waals surface area contributed by atoms with Gasteiger partial charge in [0.2, 0.25) is 11.9 Å². The first-order valence-corrected chi connectivity index (χ1v) is 12.9. The molecule has 0 radical (unpaired) electrons. The molecule has 1 aromatic carbocycles. The number of carbonyl (C=O) groups excluding carboxylic acids is 1. The van der Waals surface area contributed by atoms with Crippen molar-refractivity contribution in [1.82, 2.24) is 19.7 Å². The largest absolute Gasteiger partial charge is 0.341 e. The highest BCUT2D eigenvalue weighted by Gasteiger charge is 2.33. The van der Waals surface area contributed by atoms with Crippen molar-refractivity contribution in [1.29, 1.82) is 0 Å². The summed E-state index contributed by atoms with van der Waals surface area (Å²) in [5.74, 6) is 1.45. The van der Waals surface area contributed by atoms with Crippen molar-refractivity contribution in [3.8, 4) is 5.69 Å². The van der Waals surface area contributed by atoms with E-state index < -0.39 is 0 Å². The SMILES string of the molecule is O=C(CSc1nnc(N2CCCCC2)n1-c1ccccc1)N(Cc1ccsc1)C1CC1. The van der Waals surface area contributed by atoms with Crippen molar-refractivity contribution in [2.45, 2.75) is 49.8 Å². The van der Waals surface area contributed by atoms with Gasteiger partial charge in [0.15, 0.2) is 5.16 Å². The van der Waals surface area contributed by atoms with Crippen LogP contribution in [0.2, 0.25) is 0 Å². The molecule has 31 heavy (non-hydrogen) atoms. The maximum Gasteiger partial charge on any atom is 0.233 e. The van der Waals surface area contributed by atoms with Gasteiger partial charge in [-0.2, -0.15) is 11.3 Å². The molecule has 6 nitrogen and oxygen atoms in total. The van der Waals surface area contributed by atoms with E-state index in [1.807, 2.05) is 23.1 Å². The highest BCUT2D eigenvalue weighted by Crippen LogP contribution is 2.32. The minimum absolute atomic E-state index is 0.181. The van der Waals surface area contributed by atoms with E-state index in [0.29, 0.717) is 18.3 Å². The Morgan fingerprint density at radius 3 is 2.61 bits per heavy atom. The first-order chi connectivity index (χ1) is 15.3. The summed E-state index contributed by atoms with van der Waals surface area (Å²) in [5, 5.41) is 14.0. The summed E-state index contributed by atoms with van der Waals surface area (Å²) in [5.41, 5.74) is 2.26. The van der Waals surface area contributed by atoms with Crippen molar-refractivity contribution in [3.63, 3.8) is 0 Å². The fourth-order valence-electron chi connectivity index (χ4n) is 4.05. The Morgan fingerprint density at radius 1 is 1.10 bits per heavy atom. The lowest BCUT2D eigenvalue weighted by molar-refractivity contribution is -0.129. The zero-order valence-electron chi connectivity index (χ0n) is 17.5. The predicted molar refractivity (Wildman–Crippen MR) is 126 cm³/mol. The molecular formula is C23H27N5OS2. The second kappa shape index (κ2) is 9.44. The lowest BCUT2D eigenvalue weighted by Gasteiger charge is -2.27. The van der Waals surface area contributed by atoms with Gasteiger partial charge in [0.25, 0.3) is 0 Å². The van der Waals surface area contributed by atoms with E-state index in [9.17, 15) is 4.79 Å². The number of hydrogen-bond donors (Lipinski definition) is 0. The molecule has 3 heterocycles. The number of piperidine rings is 1. The Balaban J connectivity index is 1.35. The van der Waals surface area contributed by atoms with E-state index in [1.165, 1.54) is 36.6 Å². The number of thiophene rings is 1. The van der Waals surface area contributed by atoms with Crippen LogP contribution in [0, 0.1) is 0 Å². The molecule has 0 bridgehead atoms. The number of nitrogens with zero attached hydrogens (tertiary/aromatic N) is 5. The minimum atomic E-state index is 0.181. The van der Waals surface area contributed by atoms with E-state index in [0.717, 1.165) is 42.7 Å². The third-order valence-electron chi connectivity index (χ3n) is 5.84. The fraction of sp³-hybridized carbons (Fsp3) is 0.435. The molecule has 3 aromatic rings. The summed E-state index contributed by atoms with van der Waals surface area (Å²) in [6.07, 6.45) is 5.86. The molecule has 2 aromatic heterocycles. The molecule has 1 saturated carbocycles. The van der Waals surface area contributed by atoms with Gasteiger partial charge in [0.1, 0.15) is 0 Å². The van der Waals surface area contributed by atoms with Gasteiger partial charge in [0.05, 0.1) is 11.4 Å². The summed E-state index contributed by atoms with van der Waals surface area (Å²) >= 11 is 3.18. The lowest BCUT2D eigenvalue weighted by Crippen LogP contribution is -2.34. The number of carbonyl (C=O) groups is 1. The second-order valence-electron chi connectivity index (χ2n) is 8.17. The number of para-hydroxylation sites is 1. The van der Waals surface area contributed by atoms with Gasteiger partial charge in [0, 0.05) is 25.7 Å². The summed E-state index contributed by atoms with van der Waals surface area (Å²) in [7, 11) is 0. The fourth-order valence-corrected chi connectivity index (χ4v) is 5.55. The Kier molecular flexibility index (Phi) is 6.27. The Labute approximate surface area is 191 Å². The Hall–Kier alpha value is -2.32. The molecule has 2 aliphatic rings. The molecule has 1 aliphatic carbocycles. The molecular weight excluding hydrogens is 426 g/mol. The van der Waals surface area contributed by atoms with Gasteiger partial charge in [-0.1, -0.05) is 30.0 Å². The van der Waals surface area contributed by atoms with Crippen LogP contribution in [0.3, 0.4) is 0 Å². The summed E-state index contributed by atoms with van der Waals surface area (Å²) < 4.78 is 2.11. The standard InChI is InChI=1S/C23H27N5OS2/c29-21(27(19-9-10-19)15-18-11-14-30-16-18)17-31-23-25-24-22(26-12-5-2-6-13-26)28(23)20-7-3-1-4-8-20/h1,3-4,7-8,11,14,16,19H,2,5-6,9-10,12-13,15,17H2. The number of anilines is 1. The van der Waals surface area contributed by atoms with Crippen LogP contribution < -0.4 is 4.90 Å². The van der Waals surface area contributed by atoms with Gasteiger partial charge in [-0.15, -0.1) is 10.2 Å². The third kappa shape index (κ3) is 4.80. The van der Waals surface area contributed by atoms with Gasteiger partial charge in [-0.05, 0) is 66.6 Å². The van der Waals surface area contributed by atoms with Crippen molar-refractivity contribution in [2.24, 2.45) is 0 Å². The van der Waals surface area contributed by atoms with Crippen LogP contribution in [0.15, 0.2) is 52.3 Å². The van der Waals surface area contributed by atoms with Crippen molar-refractivity contribution in [2.75, 3.05) is 23.7 Å². The van der Waals surface area contributed by atoms with Crippen LogP contribution in [-0.2, 0) is 11.3 Å². The first kappa shape index (κ1) is 20.6. The maximum absolute atomic E-state index is 13.1. The number of benzene rings is 1. The van der Waals surface area contributed by atoms with Gasteiger partial charge >= 0.3 is 0 Å². The summed E-state index contributed by atoms with van der Waals surface area (Å²) in [6.45, 7) is 2.72. The molecule has 1 amide bonds. The average molecular weight is 454 g/mol. The molecule has 0 N–H and O–H groups in total. The highest BCUT2D eigenvalue weighted by atomic mass is 32.2. The third-order valence-corrected chi connectivity index (χ3v) is 7.48. The molecule has 0 unspecified atom stereocenters. The van der Waals surface area contributed by atoms with Crippen LogP contribution in [-0.4, -0.2) is 50.5 Å². The molecule has 0 atom stereocenters. The van der Waals surface area contributed by atoms with Crippen molar-refractivity contribution < 1.29 is 4.79 Å². The van der Waals surface area contributed by atoms with Crippen LogP contribution in [0.1, 0.15) is 37.7 Å². The first-order valence-electron chi connectivity index (χ1n) is 11.0. The molecule has 162 valence electrons. The molecule has 5 rings (SSSR count). The number of thioether (sulfide) groups is 1. The van der Waals surface area contributed by atoms with Crippen LogP contribution in [0.4, 0.5) is 5.95 Å². The predicted octanol–water partition coefficient (Wildman–Crippen LogP) is 4.60.